The Morgan fingerprint density at radius 1 is 1.00 bits per heavy atom. The lowest BCUT2D eigenvalue weighted by atomic mass is 10.1. The van der Waals surface area contributed by atoms with Crippen LogP contribution in [0.4, 0.5) is 13.2 Å². The molecular formula is C15H14F3NO. The lowest BCUT2D eigenvalue weighted by molar-refractivity contribution is -0.137. The van der Waals surface area contributed by atoms with E-state index in [1.807, 2.05) is 12.1 Å². The topological polar surface area (TPSA) is 35.2 Å². The summed E-state index contributed by atoms with van der Waals surface area (Å²) in [6.45, 7) is 0.389. The molecule has 5 heteroatoms. The van der Waals surface area contributed by atoms with Gasteiger partial charge in [0.15, 0.2) is 0 Å². The lowest BCUT2D eigenvalue weighted by Crippen LogP contribution is -2.07. The third-order valence-electron chi connectivity index (χ3n) is 2.84. The maximum Gasteiger partial charge on any atom is 0.416 e. The number of ether oxygens (including phenoxy) is 1. The monoisotopic (exact) mass is 281 g/mol. The van der Waals surface area contributed by atoms with Crippen LogP contribution in [0.25, 0.3) is 0 Å². The van der Waals surface area contributed by atoms with Crippen LogP contribution in [-0.4, -0.2) is 0 Å². The fourth-order valence-corrected chi connectivity index (χ4v) is 1.81. The molecule has 0 bridgehead atoms. The van der Waals surface area contributed by atoms with Gasteiger partial charge in [-0.25, -0.2) is 0 Å². The molecule has 0 fully saturated rings. The van der Waals surface area contributed by atoms with Gasteiger partial charge in [-0.1, -0.05) is 30.3 Å². The number of benzene rings is 2. The Labute approximate surface area is 115 Å². The van der Waals surface area contributed by atoms with Crippen molar-refractivity contribution in [2.75, 3.05) is 0 Å². The molecule has 0 saturated carbocycles. The van der Waals surface area contributed by atoms with E-state index in [0.29, 0.717) is 17.9 Å². The van der Waals surface area contributed by atoms with Crippen LogP contribution in [0.5, 0.6) is 5.75 Å². The molecule has 0 aliphatic rings. The van der Waals surface area contributed by atoms with Gasteiger partial charge in [-0.3, -0.25) is 0 Å². The molecule has 0 aromatic heterocycles. The number of rotatable bonds is 4. The summed E-state index contributed by atoms with van der Waals surface area (Å²) in [4.78, 5) is 0. The summed E-state index contributed by atoms with van der Waals surface area (Å²) in [7, 11) is 0. The van der Waals surface area contributed by atoms with Crippen LogP contribution < -0.4 is 10.5 Å². The van der Waals surface area contributed by atoms with Crippen molar-refractivity contribution >= 4 is 0 Å². The summed E-state index contributed by atoms with van der Waals surface area (Å²) in [6, 6.07) is 12.3. The third-order valence-corrected chi connectivity index (χ3v) is 2.84. The highest BCUT2D eigenvalue weighted by Crippen LogP contribution is 2.29. The van der Waals surface area contributed by atoms with Gasteiger partial charge in [0.25, 0.3) is 0 Å². The first-order chi connectivity index (χ1) is 9.50. The number of halogens is 3. The standard InChI is InChI=1S/C15H14F3NO/c16-15(17,18)13-6-3-4-11(8-13)10-20-14-7-2-1-5-12(14)9-19/h1-8H,9-10,19H2. The summed E-state index contributed by atoms with van der Waals surface area (Å²) < 4.78 is 43.3. The van der Waals surface area contributed by atoms with Crippen molar-refractivity contribution < 1.29 is 17.9 Å². The van der Waals surface area contributed by atoms with E-state index in [-0.39, 0.29) is 6.61 Å². The number of hydrogen-bond acceptors (Lipinski definition) is 2. The maximum absolute atomic E-state index is 12.6. The normalized spacial score (nSPS) is 11.4. The molecule has 0 unspecified atom stereocenters. The molecule has 0 saturated heterocycles. The van der Waals surface area contributed by atoms with Crippen LogP contribution >= 0.6 is 0 Å². The van der Waals surface area contributed by atoms with Crippen LogP contribution in [-0.2, 0) is 19.3 Å². The van der Waals surface area contributed by atoms with E-state index in [9.17, 15) is 13.2 Å². The quantitative estimate of drug-likeness (QED) is 0.926. The van der Waals surface area contributed by atoms with Gasteiger partial charge < -0.3 is 10.5 Å². The zero-order valence-electron chi connectivity index (χ0n) is 10.7. The van der Waals surface area contributed by atoms with Gasteiger partial charge in [0.05, 0.1) is 5.56 Å². The van der Waals surface area contributed by atoms with Crippen LogP contribution in [0.2, 0.25) is 0 Å². The zero-order valence-corrected chi connectivity index (χ0v) is 10.7. The second-order valence-electron chi connectivity index (χ2n) is 4.30. The van der Waals surface area contributed by atoms with E-state index in [1.165, 1.54) is 6.07 Å². The van der Waals surface area contributed by atoms with E-state index < -0.39 is 11.7 Å². The first-order valence-corrected chi connectivity index (χ1v) is 6.07. The number of para-hydroxylation sites is 1. The van der Waals surface area contributed by atoms with Crippen LogP contribution in [0, 0.1) is 0 Å². The Bertz CT molecular complexity index is 581. The highest BCUT2D eigenvalue weighted by molar-refractivity contribution is 5.33. The number of alkyl halides is 3. The summed E-state index contributed by atoms with van der Waals surface area (Å²) in [5.41, 5.74) is 6.18. The van der Waals surface area contributed by atoms with Gasteiger partial charge in [0, 0.05) is 12.1 Å². The lowest BCUT2D eigenvalue weighted by Gasteiger charge is -2.12. The molecule has 106 valence electrons. The van der Waals surface area contributed by atoms with Gasteiger partial charge in [-0.2, -0.15) is 13.2 Å². The van der Waals surface area contributed by atoms with E-state index >= 15 is 0 Å². The number of hydrogen-bond donors (Lipinski definition) is 1. The first kappa shape index (κ1) is 14.4. The molecule has 0 aliphatic carbocycles. The second kappa shape index (κ2) is 5.96. The predicted octanol–water partition coefficient (Wildman–Crippen LogP) is 3.74. The van der Waals surface area contributed by atoms with E-state index in [0.717, 1.165) is 17.7 Å². The SMILES string of the molecule is NCc1ccccc1OCc1cccc(C(F)(F)F)c1. The molecule has 0 spiro atoms. The zero-order chi connectivity index (χ0) is 14.6. The third kappa shape index (κ3) is 3.51. The molecule has 0 radical (unpaired) electrons. The molecule has 2 rings (SSSR count). The molecule has 0 amide bonds. The highest BCUT2D eigenvalue weighted by Gasteiger charge is 2.30. The molecule has 0 aliphatic heterocycles. The molecular weight excluding hydrogens is 267 g/mol. The minimum Gasteiger partial charge on any atom is -0.489 e. The Hall–Kier alpha value is -2.01. The summed E-state index contributed by atoms with van der Waals surface area (Å²) in [6.07, 6.45) is -4.34. The van der Waals surface area contributed by atoms with Gasteiger partial charge in [0.2, 0.25) is 0 Å². The Kier molecular flexibility index (Phi) is 4.29. The fraction of sp³-hybridized carbons (Fsp3) is 0.200. The Balaban J connectivity index is 2.11. The van der Waals surface area contributed by atoms with Crippen molar-refractivity contribution in [3.8, 4) is 5.75 Å². The van der Waals surface area contributed by atoms with E-state index in [1.54, 1.807) is 18.2 Å². The van der Waals surface area contributed by atoms with Crippen molar-refractivity contribution in [2.45, 2.75) is 19.3 Å². The van der Waals surface area contributed by atoms with Crippen molar-refractivity contribution in [1.82, 2.24) is 0 Å². The van der Waals surface area contributed by atoms with Gasteiger partial charge in [-0.15, -0.1) is 0 Å². The molecule has 0 heterocycles. The minimum atomic E-state index is -4.34. The minimum absolute atomic E-state index is 0.0704. The fourth-order valence-electron chi connectivity index (χ4n) is 1.81. The van der Waals surface area contributed by atoms with E-state index in [2.05, 4.69) is 0 Å². The molecule has 2 nitrogen and oxygen atoms in total. The molecule has 2 aromatic carbocycles. The first-order valence-electron chi connectivity index (χ1n) is 6.07. The second-order valence-corrected chi connectivity index (χ2v) is 4.30. The molecule has 2 aromatic rings. The number of nitrogens with two attached hydrogens (primary N) is 1. The van der Waals surface area contributed by atoms with Crippen LogP contribution in [0.15, 0.2) is 48.5 Å². The smallest absolute Gasteiger partial charge is 0.416 e. The summed E-state index contributed by atoms with van der Waals surface area (Å²) in [5, 5.41) is 0. The van der Waals surface area contributed by atoms with Crippen molar-refractivity contribution in [2.24, 2.45) is 5.73 Å². The highest BCUT2D eigenvalue weighted by atomic mass is 19.4. The van der Waals surface area contributed by atoms with Gasteiger partial charge in [-0.05, 0) is 23.8 Å². The van der Waals surface area contributed by atoms with Crippen LogP contribution in [0.3, 0.4) is 0 Å². The van der Waals surface area contributed by atoms with Crippen molar-refractivity contribution in [3.63, 3.8) is 0 Å². The average Bonchev–Trinajstić information content (AvgIpc) is 2.45. The largest absolute Gasteiger partial charge is 0.489 e. The predicted molar refractivity (Wildman–Crippen MR) is 70.1 cm³/mol. The Morgan fingerprint density at radius 2 is 1.75 bits per heavy atom. The van der Waals surface area contributed by atoms with Gasteiger partial charge in [0.1, 0.15) is 12.4 Å². The molecule has 20 heavy (non-hydrogen) atoms. The maximum atomic E-state index is 12.6. The van der Waals surface area contributed by atoms with Crippen LogP contribution in [0.1, 0.15) is 16.7 Å². The Morgan fingerprint density at radius 3 is 2.45 bits per heavy atom. The molecule has 2 N–H and O–H groups in total. The molecule has 0 atom stereocenters. The van der Waals surface area contributed by atoms with Crippen molar-refractivity contribution in [3.05, 3.63) is 65.2 Å². The average molecular weight is 281 g/mol. The summed E-state index contributed by atoms with van der Waals surface area (Å²) >= 11 is 0. The van der Waals surface area contributed by atoms with Gasteiger partial charge >= 0.3 is 6.18 Å². The van der Waals surface area contributed by atoms with Crippen molar-refractivity contribution in [1.29, 1.82) is 0 Å². The van der Waals surface area contributed by atoms with E-state index in [4.69, 9.17) is 10.5 Å². The summed E-state index contributed by atoms with van der Waals surface area (Å²) in [5.74, 6) is 0.590.